The lowest BCUT2D eigenvalue weighted by Crippen LogP contribution is -2.22. The Hall–Kier alpha value is -2.86. The second kappa shape index (κ2) is 9.90. The summed E-state index contributed by atoms with van der Waals surface area (Å²) in [5.74, 6) is 2.55. The topological polar surface area (TPSA) is 66.4 Å². The zero-order valence-corrected chi connectivity index (χ0v) is 17.2. The van der Waals surface area contributed by atoms with Gasteiger partial charge in [0.25, 0.3) is 0 Å². The lowest BCUT2D eigenvalue weighted by atomic mass is 10.0. The van der Waals surface area contributed by atoms with Crippen LogP contribution in [0.4, 0.5) is 0 Å². The van der Waals surface area contributed by atoms with Crippen LogP contribution < -0.4 is 23.7 Å². The standard InChI is InChI=1S/C22H28O6/c1-7-8-15-9-10-17(18(11-15)24-3)28-14(2)21(23)16-12-19(25-4)22(27-6)20(13-16)26-5/h7-14,21,23H,1-6H3/b8-7+/t14-,21+/m0/s1. The van der Waals surface area contributed by atoms with E-state index in [1.54, 1.807) is 26.2 Å². The van der Waals surface area contributed by atoms with Gasteiger partial charge in [-0.15, -0.1) is 0 Å². The third-order valence-electron chi connectivity index (χ3n) is 4.33. The highest BCUT2D eigenvalue weighted by Gasteiger charge is 2.23. The van der Waals surface area contributed by atoms with Crippen LogP contribution >= 0.6 is 0 Å². The molecule has 0 bridgehead atoms. The summed E-state index contributed by atoms with van der Waals surface area (Å²) in [5, 5.41) is 10.8. The molecule has 0 aromatic heterocycles. The summed E-state index contributed by atoms with van der Waals surface area (Å²) in [5.41, 5.74) is 1.59. The summed E-state index contributed by atoms with van der Waals surface area (Å²) in [6, 6.07) is 9.05. The van der Waals surface area contributed by atoms with Crippen LogP contribution in [0.2, 0.25) is 0 Å². The summed E-state index contributed by atoms with van der Waals surface area (Å²) in [6.45, 7) is 3.74. The van der Waals surface area contributed by atoms with Crippen molar-refractivity contribution in [3.63, 3.8) is 0 Å². The molecular weight excluding hydrogens is 360 g/mol. The number of methoxy groups -OCH3 is 4. The SMILES string of the molecule is C/C=C/c1ccc(O[C@@H](C)[C@@H](O)c2cc(OC)c(OC)c(OC)c2)c(OC)c1. The quantitative estimate of drug-likeness (QED) is 0.693. The van der Waals surface area contributed by atoms with Crippen molar-refractivity contribution in [1.29, 1.82) is 0 Å². The van der Waals surface area contributed by atoms with Crippen molar-refractivity contribution < 1.29 is 28.8 Å². The van der Waals surface area contributed by atoms with E-state index in [0.717, 1.165) is 5.56 Å². The third-order valence-corrected chi connectivity index (χ3v) is 4.33. The van der Waals surface area contributed by atoms with Crippen LogP contribution in [0, 0.1) is 0 Å². The second-order valence-electron chi connectivity index (χ2n) is 6.14. The van der Waals surface area contributed by atoms with E-state index < -0.39 is 12.2 Å². The molecule has 2 aromatic carbocycles. The lowest BCUT2D eigenvalue weighted by Gasteiger charge is -2.23. The lowest BCUT2D eigenvalue weighted by molar-refractivity contribution is 0.0448. The fraction of sp³-hybridized carbons (Fsp3) is 0.364. The van der Waals surface area contributed by atoms with Gasteiger partial charge in [-0.25, -0.2) is 0 Å². The molecule has 1 N–H and O–H groups in total. The average molecular weight is 388 g/mol. The Morgan fingerprint density at radius 1 is 0.821 bits per heavy atom. The van der Waals surface area contributed by atoms with E-state index >= 15 is 0 Å². The zero-order chi connectivity index (χ0) is 20.7. The Bertz CT molecular complexity index is 790. The first-order valence-electron chi connectivity index (χ1n) is 8.94. The molecule has 0 aliphatic rings. The van der Waals surface area contributed by atoms with Gasteiger partial charge in [-0.05, 0) is 49.2 Å². The van der Waals surface area contributed by atoms with Crippen molar-refractivity contribution in [2.75, 3.05) is 28.4 Å². The van der Waals surface area contributed by atoms with Gasteiger partial charge >= 0.3 is 0 Å². The van der Waals surface area contributed by atoms with Crippen molar-refractivity contribution in [3.8, 4) is 28.7 Å². The Labute approximate surface area is 166 Å². The fourth-order valence-electron chi connectivity index (χ4n) is 2.89. The van der Waals surface area contributed by atoms with Crippen LogP contribution in [0.5, 0.6) is 28.7 Å². The minimum absolute atomic E-state index is 0.468. The highest BCUT2D eigenvalue weighted by molar-refractivity contribution is 5.56. The molecule has 0 aliphatic heterocycles. The number of hydrogen-bond donors (Lipinski definition) is 1. The molecule has 0 saturated heterocycles. The summed E-state index contributed by atoms with van der Waals surface area (Å²) < 4.78 is 27.4. The van der Waals surface area contributed by atoms with E-state index in [-0.39, 0.29) is 0 Å². The van der Waals surface area contributed by atoms with Gasteiger partial charge in [0.1, 0.15) is 12.2 Å². The number of allylic oxidation sites excluding steroid dienone is 1. The maximum Gasteiger partial charge on any atom is 0.203 e. The number of rotatable bonds is 9. The Balaban J connectivity index is 2.29. The van der Waals surface area contributed by atoms with Gasteiger partial charge in [0.15, 0.2) is 23.0 Å². The normalized spacial score (nSPS) is 13.1. The number of ether oxygens (including phenoxy) is 5. The first kappa shape index (κ1) is 21.4. The van der Waals surface area contributed by atoms with E-state index in [0.29, 0.717) is 34.3 Å². The molecule has 28 heavy (non-hydrogen) atoms. The number of aliphatic hydroxyl groups is 1. The van der Waals surface area contributed by atoms with Crippen LogP contribution in [0.3, 0.4) is 0 Å². The van der Waals surface area contributed by atoms with Crippen LogP contribution in [0.1, 0.15) is 31.1 Å². The van der Waals surface area contributed by atoms with E-state index in [1.807, 2.05) is 37.3 Å². The molecule has 0 radical (unpaired) electrons. The molecule has 0 aliphatic carbocycles. The minimum atomic E-state index is -0.923. The van der Waals surface area contributed by atoms with Crippen LogP contribution in [0.15, 0.2) is 36.4 Å². The maximum atomic E-state index is 10.8. The number of hydrogen-bond acceptors (Lipinski definition) is 6. The van der Waals surface area contributed by atoms with Gasteiger partial charge < -0.3 is 28.8 Å². The van der Waals surface area contributed by atoms with Crippen molar-refractivity contribution in [2.45, 2.75) is 26.1 Å². The number of aliphatic hydroxyl groups excluding tert-OH is 1. The Kier molecular flexibility index (Phi) is 7.58. The summed E-state index contributed by atoms with van der Waals surface area (Å²) >= 11 is 0. The summed E-state index contributed by atoms with van der Waals surface area (Å²) in [4.78, 5) is 0. The molecule has 0 amide bonds. The predicted molar refractivity (Wildman–Crippen MR) is 109 cm³/mol. The highest BCUT2D eigenvalue weighted by atomic mass is 16.5. The largest absolute Gasteiger partial charge is 0.493 e. The average Bonchev–Trinajstić information content (AvgIpc) is 2.72. The monoisotopic (exact) mass is 388 g/mol. The summed E-state index contributed by atoms with van der Waals surface area (Å²) in [7, 11) is 6.18. The molecule has 0 spiro atoms. The van der Waals surface area contributed by atoms with Gasteiger partial charge in [0, 0.05) is 0 Å². The zero-order valence-electron chi connectivity index (χ0n) is 17.2. The smallest absolute Gasteiger partial charge is 0.203 e. The highest BCUT2D eigenvalue weighted by Crippen LogP contribution is 2.40. The molecule has 2 atom stereocenters. The van der Waals surface area contributed by atoms with Gasteiger partial charge in [-0.2, -0.15) is 0 Å². The summed E-state index contributed by atoms with van der Waals surface area (Å²) in [6.07, 6.45) is 2.45. The van der Waals surface area contributed by atoms with Crippen molar-refractivity contribution in [2.24, 2.45) is 0 Å². The van der Waals surface area contributed by atoms with E-state index in [9.17, 15) is 5.11 Å². The molecule has 2 rings (SSSR count). The molecule has 0 heterocycles. The molecule has 152 valence electrons. The number of benzene rings is 2. The van der Waals surface area contributed by atoms with Gasteiger partial charge in [0.05, 0.1) is 28.4 Å². The van der Waals surface area contributed by atoms with Crippen LogP contribution in [-0.2, 0) is 0 Å². The van der Waals surface area contributed by atoms with E-state index in [2.05, 4.69) is 0 Å². The minimum Gasteiger partial charge on any atom is -0.493 e. The van der Waals surface area contributed by atoms with E-state index in [4.69, 9.17) is 23.7 Å². The van der Waals surface area contributed by atoms with Crippen LogP contribution in [-0.4, -0.2) is 39.6 Å². The first-order chi connectivity index (χ1) is 13.5. The predicted octanol–water partition coefficient (Wildman–Crippen LogP) is 4.26. The molecule has 2 aromatic rings. The van der Waals surface area contributed by atoms with Crippen LogP contribution in [0.25, 0.3) is 6.08 Å². The van der Waals surface area contributed by atoms with Gasteiger partial charge in [-0.1, -0.05) is 18.2 Å². The molecule has 6 heteroatoms. The second-order valence-corrected chi connectivity index (χ2v) is 6.14. The maximum absolute atomic E-state index is 10.8. The molecule has 6 nitrogen and oxygen atoms in total. The van der Waals surface area contributed by atoms with E-state index in [1.165, 1.54) is 21.3 Å². The van der Waals surface area contributed by atoms with Crippen molar-refractivity contribution in [1.82, 2.24) is 0 Å². The Morgan fingerprint density at radius 2 is 1.43 bits per heavy atom. The van der Waals surface area contributed by atoms with Crippen molar-refractivity contribution >= 4 is 6.08 Å². The first-order valence-corrected chi connectivity index (χ1v) is 8.94. The van der Waals surface area contributed by atoms with Crippen molar-refractivity contribution in [3.05, 3.63) is 47.5 Å². The molecular formula is C22H28O6. The Morgan fingerprint density at radius 3 is 1.93 bits per heavy atom. The molecule has 0 saturated carbocycles. The fourth-order valence-corrected chi connectivity index (χ4v) is 2.89. The molecule has 0 fully saturated rings. The van der Waals surface area contributed by atoms with Gasteiger partial charge in [0.2, 0.25) is 5.75 Å². The molecule has 0 unspecified atom stereocenters. The third kappa shape index (κ3) is 4.70. The van der Waals surface area contributed by atoms with Gasteiger partial charge in [-0.3, -0.25) is 0 Å².